The van der Waals surface area contributed by atoms with E-state index in [4.69, 9.17) is 28.5 Å². The second kappa shape index (κ2) is 7.80. The molecule has 1 aliphatic carbocycles. The molecule has 0 bridgehead atoms. The van der Waals surface area contributed by atoms with Crippen LogP contribution < -0.4 is 0 Å². The van der Waals surface area contributed by atoms with E-state index in [1.807, 2.05) is 17.0 Å². The van der Waals surface area contributed by atoms with Gasteiger partial charge >= 0.3 is 0 Å². The molecule has 31 heavy (non-hydrogen) atoms. The van der Waals surface area contributed by atoms with E-state index in [1.54, 1.807) is 18.2 Å². The average molecular weight is 456 g/mol. The summed E-state index contributed by atoms with van der Waals surface area (Å²) >= 11 is 12.2. The van der Waals surface area contributed by atoms with Crippen LogP contribution in [0.1, 0.15) is 67.7 Å². The normalized spacial score (nSPS) is 23.3. The predicted octanol–water partition coefficient (Wildman–Crippen LogP) is 6.29. The molecule has 0 radical (unpaired) electrons. The number of fused-ring (bicyclic) bond motifs is 1. The van der Waals surface area contributed by atoms with Gasteiger partial charge in [0.05, 0.1) is 28.4 Å². The molecule has 1 amide bonds. The monoisotopic (exact) mass is 455 g/mol. The zero-order valence-corrected chi connectivity index (χ0v) is 19.9. The smallest absolute Gasteiger partial charge is 0.256 e. The van der Waals surface area contributed by atoms with E-state index in [1.165, 1.54) is 0 Å². The minimum Gasteiger partial charge on any atom is -0.329 e. The fourth-order valence-electron chi connectivity index (χ4n) is 6.45. The Kier molecular flexibility index (Phi) is 5.56. The molecule has 0 spiro atoms. The number of amides is 1. The van der Waals surface area contributed by atoms with Gasteiger partial charge in [-0.25, -0.2) is 4.98 Å². The molecule has 1 aliphatic heterocycles. The van der Waals surface area contributed by atoms with Crippen LogP contribution in [0, 0.1) is 28.1 Å². The van der Waals surface area contributed by atoms with Crippen molar-refractivity contribution in [2.75, 3.05) is 0 Å². The van der Waals surface area contributed by atoms with Crippen molar-refractivity contribution in [3.05, 3.63) is 62.9 Å². The Hall–Kier alpha value is -2.09. The SMILES string of the molecule is CC1(C)[C@H](CCCc2ccc(C#N)c(Cl)c2)C(C)(C)[C@H]1N1Cc2nc(Cl)ccc2C1=O. The van der Waals surface area contributed by atoms with Crippen LogP contribution in [0.4, 0.5) is 0 Å². The summed E-state index contributed by atoms with van der Waals surface area (Å²) in [5.41, 5.74) is 3.15. The van der Waals surface area contributed by atoms with Gasteiger partial charge in [-0.2, -0.15) is 5.26 Å². The first-order valence-corrected chi connectivity index (χ1v) is 11.5. The second-order valence-corrected chi connectivity index (χ2v) is 10.8. The summed E-state index contributed by atoms with van der Waals surface area (Å²) in [6.07, 6.45) is 3.04. The number of aryl methyl sites for hydroxylation is 1. The molecule has 2 aliphatic rings. The van der Waals surface area contributed by atoms with Crippen molar-refractivity contribution in [2.24, 2.45) is 16.7 Å². The summed E-state index contributed by atoms with van der Waals surface area (Å²) in [6.45, 7) is 9.65. The van der Waals surface area contributed by atoms with Gasteiger partial charge in [0.25, 0.3) is 5.91 Å². The molecule has 1 aromatic carbocycles. The van der Waals surface area contributed by atoms with Crippen LogP contribution in [0.15, 0.2) is 30.3 Å². The van der Waals surface area contributed by atoms with Gasteiger partial charge in [0.2, 0.25) is 0 Å². The second-order valence-electron chi connectivity index (χ2n) is 9.98. The van der Waals surface area contributed by atoms with Crippen molar-refractivity contribution < 1.29 is 4.79 Å². The minimum atomic E-state index is 0.00725. The number of halogens is 2. The highest BCUT2D eigenvalue weighted by Crippen LogP contribution is 2.63. The van der Waals surface area contributed by atoms with Crippen molar-refractivity contribution in [3.63, 3.8) is 0 Å². The number of nitrogens with zero attached hydrogens (tertiary/aromatic N) is 3. The first kappa shape index (κ1) is 22.1. The van der Waals surface area contributed by atoms with E-state index in [2.05, 4.69) is 38.7 Å². The van der Waals surface area contributed by atoms with Crippen LogP contribution in [0.2, 0.25) is 10.2 Å². The molecule has 4 rings (SSSR count). The molecule has 6 heteroatoms. The van der Waals surface area contributed by atoms with Crippen molar-refractivity contribution in [1.29, 1.82) is 5.26 Å². The van der Waals surface area contributed by atoms with Gasteiger partial charge in [-0.05, 0) is 65.8 Å². The number of hydrogen-bond acceptors (Lipinski definition) is 3. The average Bonchev–Trinajstić information content (AvgIpc) is 2.99. The Morgan fingerprint density at radius 3 is 2.52 bits per heavy atom. The Bertz CT molecular complexity index is 1070. The first-order chi connectivity index (χ1) is 14.6. The fraction of sp³-hybridized carbons (Fsp3) is 0.480. The molecule has 2 heterocycles. The minimum absolute atomic E-state index is 0.00725. The molecule has 0 unspecified atom stereocenters. The van der Waals surface area contributed by atoms with Crippen LogP contribution in [-0.4, -0.2) is 21.8 Å². The summed E-state index contributed by atoms with van der Waals surface area (Å²) in [5, 5.41) is 9.99. The quantitative estimate of drug-likeness (QED) is 0.497. The van der Waals surface area contributed by atoms with Crippen LogP contribution in [0.3, 0.4) is 0 Å². The third kappa shape index (κ3) is 3.62. The van der Waals surface area contributed by atoms with Crippen LogP contribution in [-0.2, 0) is 13.0 Å². The lowest BCUT2D eigenvalue weighted by molar-refractivity contribution is -0.171. The zero-order valence-electron chi connectivity index (χ0n) is 18.4. The number of nitriles is 1. The van der Waals surface area contributed by atoms with Crippen molar-refractivity contribution >= 4 is 29.1 Å². The summed E-state index contributed by atoms with van der Waals surface area (Å²) in [7, 11) is 0. The number of carbonyl (C=O) groups excluding carboxylic acids is 1. The first-order valence-electron chi connectivity index (χ1n) is 10.7. The summed E-state index contributed by atoms with van der Waals surface area (Å²) < 4.78 is 0. The lowest BCUT2D eigenvalue weighted by Gasteiger charge is -2.67. The summed E-state index contributed by atoms with van der Waals surface area (Å²) in [4.78, 5) is 19.5. The lowest BCUT2D eigenvalue weighted by atomic mass is 9.43. The van der Waals surface area contributed by atoms with E-state index >= 15 is 0 Å². The van der Waals surface area contributed by atoms with Crippen molar-refractivity contribution in [3.8, 4) is 6.07 Å². The number of rotatable bonds is 5. The van der Waals surface area contributed by atoms with Gasteiger partial charge in [-0.15, -0.1) is 0 Å². The molecular formula is C25H27Cl2N3O. The number of aromatic nitrogens is 1. The van der Waals surface area contributed by atoms with Gasteiger partial charge in [0, 0.05) is 6.04 Å². The van der Waals surface area contributed by atoms with Crippen LogP contribution in [0.5, 0.6) is 0 Å². The van der Waals surface area contributed by atoms with Crippen molar-refractivity contribution in [2.45, 2.75) is 59.5 Å². The summed E-state index contributed by atoms with van der Waals surface area (Å²) in [6, 6.07) is 11.4. The van der Waals surface area contributed by atoms with Gasteiger partial charge in [-0.1, -0.05) is 57.0 Å². The molecule has 1 fully saturated rings. The van der Waals surface area contributed by atoms with E-state index in [-0.39, 0.29) is 22.8 Å². The largest absolute Gasteiger partial charge is 0.329 e. The molecule has 0 N–H and O–H groups in total. The highest BCUT2D eigenvalue weighted by molar-refractivity contribution is 6.31. The maximum atomic E-state index is 13.1. The Labute approximate surface area is 194 Å². The van der Waals surface area contributed by atoms with Crippen molar-refractivity contribution in [1.82, 2.24) is 9.88 Å². The van der Waals surface area contributed by atoms with Gasteiger partial charge in [0.15, 0.2) is 0 Å². The van der Waals surface area contributed by atoms with Crippen LogP contribution in [0.25, 0.3) is 0 Å². The summed E-state index contributed by atoms with van der Waals surface area (Å²) in [5.74, 6) is 0.558. The Morgan fingerprint density at radius 2 is 1.87 bits per heavy atom. The third-order valence-electron chi connectivity index (χ3n) is 7.38. The number of benzene rings is 1. The molecule has 1 saturated carbocycles. The molecule has 2 aromatic rings. The van der Waals surface area contributed by atoms with E-state index in [0.717, 1.165) is 30.5 Å². The zero-order chi connectivity index (χ0) is 22.6. The van der Waals surface area contributed by atoms with E-state index in [9.17, 15) is 4.79 Å². The highest BCUT2D eigenvalue weighted by Gasteiger charge is 2.64. The Balaban J connectivity index is 1.44. The van der Waals surface area contributed by atoms with E-state index < -0.39 is 0 Å². The third-order valence-corrected chi connectivity index (χ3v) is 7.90. The van der Waals surface area contributed by atoms with Gasteiger partial charge < -0.3 is 4.90 Å². The number of carbonyl (C=O) groups is 1. The molecule has 4 nitrogen and oxygen atoms in total. The molecule has 1 aromatic heterocycles. The lowest BCUT2D eigenvalue weighted by Crippen LogP contribution is -2.69. The highest BCUT2D eigenvalue weighted by atomic mass is 35.5. The standard InChI is InChI=1S/C25H27Cl2N3O/c1-24(2)20(7-5-6-15-8-9-16(13-28)18(26)12-15)25(3,4)23(24)30-14-19-17(22(30)31)10-11-21(27)29-19/h8-12,20,23H,5-7,14H2,1-4H3/t20-,23-. The topological polar surface area (TPSA) is 57.0 Å². The van der Waals surface area contributed by atoms with Gasteiger partial charge in [-0.3, -0.25) is 4.79 Å². The predicted molar refractivity (Wildman–Crippen MR) is 123 cm³/mol. The van der Waals surface area contributed by atoms with Gasteiger partial charge in [0.1, 0.15) is 11.2 Å². The van der Waals surface area contributed by atoms with E-state index in [0.29, 0.717) is 33.8 Å². The molecule has 0 saturated heterocycles. The molecule has 162 valence electrons. The molecular weight excluding hydrogens is 429 g/mol. The number of hydrogen-bond donors (Lipinski definition) is 0. The van der Waals surface area contributed by atoms with Crippen LogP contribution >= 0.6 is 23.2 Å². The maximum absolute atomic E-state index is 13.1. The maximum Gasteiger partial charge on any atom is 0.256 e. The fourth-order valence-corrected chi connectivity index (χ4v) is 6.86. The Morgan fingerprint density at radius 1 is 1.16 bits per heavy atom. The number of pyridine rings is 1. The molecule has 0 atom stereocenters.